The number of carbonyl (C=O) groups is 4. The van der Waals surface area contributed by atoms with E-state index >= 15 is 0 Å². The lowest BCUT2D eigenvalue weighted by molar-refractivity contribution is -0.274. The van der Waals surface area contributed by atoms with Crippen molar-refractivity contribution in [2.24, 2.45) is 17.8 Å². The number of fused-ring (bicyclic) bond motifs is 3. The molecule has 238 valence electrons. The van der Waals surface area contributed by atoms with Crippen molar-refractivity contribution in [3.8, 4) is 11.5 Å². The number of phenols is 1. The van der Waals surface area contributed by atoms with Crippen LogP contribution in [0.1, 0.15) is 24.3 Å². The van der Waals surface area contributed by atoms with Crippen LogP contribution in [0.2, 0.25) is 0 Å². The van der Waals surface area contributed by atoms with Crippen LogP contribution >= 0.6 is 15.9 Å². The van der Waals surface area contributed by atoms with Crippen molar-refractivity contribution >= 4 is 50.7 Å². The zero-order chi connectivity index (χ0) is 32.5. The second-order valence-corrected chi connectivity index (χ2v) is 12.6. The minimum Gasteiger partial charge on any atom is -0.508 e. The van der Waals surface area contributed by atoms with E-state index in [1.165, 1.54) is 0 Å². The van der Waals surface area contributed by atoms with Gasteiger partial charge in [0.1, 0.15) is 11.5 Å². The van der Waals surface area contributed by atoms with E-state index in [0.717, 1.165) is 34.9 Å². The van der Waals surface area contributed by atoms with E-state index < -0.39 is 64.9 Å². The van der Waals surface area contributed by atoms with Crippen LogP contribution in [0.3, 0.4) is 0 Å². The van der Waals surface area contributed by atoms with Gasteiger partial charge in [-0.2, -0.15) is 0 Å². The highest BCUT2D eigenvalue weighted by atomic mass is 79.9. The van der Waals surface area contributed by atoms with Crippen LogP contribution in [0.5, 0.6) is 11.5 Å². The number of imide groups is 1. The minimum atomic E-state index is -5.02. The number of allylic oxidation sites excluding steroid dienone is 6. The van der Waals surface area contributed by atoms with Gasteiger partial charge in [0.2, 0.25) is 11.8 Å². The highest BCUT2D eigenvalue weighted by molar-refractivity contribution is 9.12. The second kappa shape index (κ2) is 11.2. The molecule has 2 aliphatic heterocycles. The molecule has 0 saturated carbocycles. The number of benzene rings is 2. The van der Waals surface area contributed by atoms with E-state index in [4.69, 9.17) is 4.74 Å². The van der Waals surface area contributed by atoms with Crippen LogP contribution in [0.15, 0.2) is 75.8 Å². The number of halogens is 4. The smallest absolute Gasteiger partial charge is 0.508 e. The molecular formula is C33H26BrF3N2O7. The number of rotatable bonds is 4. The van der Waals surface area contributed by atoms with Crippen LogP contribution in [-0.4, -0.2) is 61.2 Å². The SMILES string of the molecule is O=C1C=C(Br)C(=O)C2=C1[C@@H](c1cc(OC(F)(F)F)ccc1O)C1=CC[C@@H]3C(=O)N(c4ccc(N5CCOCC5)cc4)C(=O)[C@@H]3[C@@H]1C2. The van der Waals surface area contributed by atoms with Crippen molar-refractivity contribution in [1.82, 2.24) is 0 Å². The summed E-state index contributed by atoms with van der Waals surface area (Å²) in [5.41, 5.74) is 1.83. The predicted octanol–water partition coefficient (Wildman–Crippen LogP) is 5.09. The first-order valence-electron chi connectivity index (χ1n) is 14.7. The molecule has 0 unspecified atom stereocenters. The zero-order valence-electron chi connectivity index (χ0n) is 24.1. The number of alkyl halides is 3. The van der Waals surface area contributed by atoms with Gasteiger partial charge in [-0.15, -0.1) is 13.2 Å². The average Bonchev–Trinajstić information content (AvgIpc) is 3.29. The number of carbonyl (C=O) groups excluding carboxylic acids is 4. The molecule has 1 N–H and O–H groups in total. The van der Waals surface area contributed by atoms with E-state index in [0.29, 0.717) is 37.6 Å². The molecule has 0 spiro atoms. The highest BCUT2D eigenvalue weighted by Crippen LogP contribution is 2.57. The van der Waals surface area contributed by atoms with E-state index in [9.17, 15) is 37.5 Å². The number of nitrogens with zero attached hydrogens (tertiary/aromatic N) is 2. The largest absolute Gasteiger partial charge is 0.573 e. The molecule has 9 nitrogen and oxygen atoms in total. The first-order valence-corrected chi connectivity index (χ1v) is 15.5. The highest BCUT2D eigenvalue weighted by Gasteiger charge is 2.57. The van der Waals surface area contributed by atoms with Crippen molar-refractivity contribution in [2.45, 2.75) is 25.1 Å². The molecule has 13 heteroatoms. The van der Waals surface area contributed by atoms with Gasteiger partial charge in [0.05, 0.1) is 35.2 Å². The Kier molecular flexibility index (Phi) is 7.43. The van der Waals surface area contributed by atoms with Crippen molar-refractivity contribution < 1.29 is 46.9 Å². The first kappa shape index (κ1) is 30.4. The second-order valence-electron chi connectivity index (χ2n) is 11.8. The molecule has 2 saturated heterocycles. The van der Waals surface area contributed by atoms with Gasteiger partial charge < -0.3 is 19.5 Å². The van der Waals surface area contributed by atoms with Crippen molar-refractivity contribution in [1.29, 1.82) is 0 Å². The van der Waals surface area contributed by atoms with E-state index in [1.807, 2.05) is 12.1 Å². The molecule has 3 aliphatic carbocycles. The normalized spacial score (nSPS) is 26.4. The third kappa shape index (κ3) is 5.05. The van der Waals surface area contributed by atoms with Gasteiger partial charge >= 0.3 is 6.36 Å². The number of hydrogen-bond acceptors (Lipinski definition) is 8. The summed E-state index contributed by atoms with van der Waals surface area (Å²) in [5.74, 6) is -6.48. The Morgan fingerprint density at radius 2 is 1.63 bits per heavy atom. The zero-order valence-corrected chi connectivity index (χ0v) is 25.6. The fourth-order valence-electron chi connectivity index (χ4n) is 7.41. The average molecular weight is 699 g/mol. The molecular weight excluding hydrogens is 673 g/mol. The van der Waals surface area contributed by atoms with Crippen LogP contribution in [0.4, 0.5) is 24.5 Å². The number of hydrogen-bond donors (Lipinski definition) is 1. The topological polar surface area (TPSA) is 113 Å². The van der Waals surface area contributed by atoms with E-state index in [-0.39, 0.29) is 34.0 Å². The fourth-order valence-corrected chi connectivity index (χ4v) is 7.86. The lowest BCUT2D eigenvalue weighted by Gasteiger charge is -2.42. The summed E-state index contributed by atoms with van der Waals surface area (Å²) in [7, 11) is 0. The lowest BCUT2D eigenvalue weighted by atomic mass is 9.59. The molecule has 7 rings (SSSR count). The molecule has 0 aromatic heterocycles. The van der Waals surface area contributed by atoms with Gasteiger partial charge in [0.25, 0.3) is 0 Å². The molecule has 2 aromatic rings. The fraction of sp³-hybridized carbons (Fsp3) is 0.333. The van der Waals surface area contributed by atoms with Gasteiger partial charge in [0.15, 0.2) is 11.6 Å². The van der Waals surface area contributed by atoms with Gasteiger partial charge in [-0.05, 0) is 77.2 Å². The van der Waals surface area contributed by atoms with Crippen molar-refractivity contribution in [2.75, 3.05) is 36.1 Å². The van der Waals surface area contributed by atoms with Crippen LogP contribution in [-0.2, 0) is 23.9 Å². The Morgan fingerprint density at radius 1 is 0.935 bits per heavy atom. The Balaban J connectivity index is 1.28. The van der Waals surface area contributed by atoms with Crippen molar-refractivity contribution in [3.63, 3.8) is 0 Å². The number of phenolic OH excluding ortho intramolecular Hbond substituents is 1. The number of ether oxygens (including phenoxy) is 2. The molecule has 2 amide bonds. The summed E-state index contributed by atoms with van der Waals surface area (Å²) in [5, 5.41) is 10.9. The summed E-state index contributed by atoms with van der Waals surface area (Å²) in [6.45, 7) is 2.63. The Hall–Kier alpha value is -4.23. The lowest BCUT2D eigenvalue weighted by Crippen LogP contribution is -2.39. The Labute approximate surface area is 269 Å². The maximum Gasteiger partial charge on any atom is 0.573 e. The third-order valence-electron chi connectivity index (χ3n) is 9.36. The molecule has 46 heavy (non-hydrogen) atoms. The molecule has 2 aromatic carbocycles. The molecule has 0 bridgehead atoms. The summed E-state index contributed by atoms with van der Waals surface area (Å²) in [4.78, 5) is 58.1. The summed E-state index contributed by atoms with van der Waals surface area (Å²) >= 11 is 3.14. The maximum absolute atomic E-state index is 14.2. The third-order valence-corrected chi connectivity index (χ3v) is 9.95. The Morgan fingerprint density at radius 3 is 2.33 bits per heavy atom. The monoisotopic (exact) mass is 698 g/mol. The van der Waals surface area contributed by atoms with Gasteiger partial charge in [-0.3, -0.25) is 24.1 Å². The van der Waals surface area contributed by atoms with Crippen LogP contribution in [0, 0.1) is 17.8 Å². The number of Topliss-reactive ketones (excluding diaryl/α,β-unsaturated/α-hetero) is 1. The molecule has 5 aliphatic rings. The summed E-state index contributed by atoms with van der Waals surface area (Å²) in [6.07, 6.45) is -2.10. The predicted molar refractivity (Wildman–Crippen MR) is 161 cm³/mol. The number of morpholine rings is 1. The maximum atomic E-state index is 14.2. The molecule has 0 radical (unpaired) electrons. The Bertz CT molecular complexity index is 1780. The van der Waals surface area contributed by atoms with Crippen LogP contribution < -0.4 is 14.5 Å². The number of ketones is 2. The van der Waals surface area contributed by atoms with E-state index in [2.05, 4.69) is 25.6 Å². The van der Waals surface area contributed by atoms with Crippen molar-refractivity contribution in [3.05, 3.63) is 81.4 Å². The summed E-state index contributed by atoms with van der Waals surface area (Å²) < 4.78 is 48.9. The number of anilines is 2. The van der Waals surface area contributed by atoms with Gasteiger partial charge in [0, 0.05) is 47.5 Å². The first-order chi connectivity index (χ1) is 21.9. The van der Waals surface area contributed by atoms with Gasteiger partial charge in [-0.25, -0.2) is 0 Å². The van der Waals surface area contributed by atoms with E-state index in [1.54, 1.807) is 18.2 Å². The quantitative estimate of drug-likeness (QED) is 0.267. The number of amides is 2. The minimum absolute atomic E-state index is 0.00368. The molecule has 2 heterocycles. The number of aromatic hydroxyl groups is 1. The summed E-state index contributed by atoms with van der Waals surface area (Å²) in [6, 6.07) is 10.1. The van der Waals surface area contributed by atoms with Crippen LogP contribution in [0.25, 0.3) is 0 Å². The molecule has 4 atom stereocenters. The van der Waals surface area contributed by atoms with Gasteiger partial charge in [-0.1, -0.05) is 11.6 Å². The molecule has 2 fully saturated rings. The standard InChI is InChI=1S/C33H26BrF3N2O7/c34-24-15-26(41)29-23(30(24)42)14-21-19(27(29)22-13-18(5-8-25(22)40)46-33(35,36)37)6-7-20-28(21)32(44)39(31(20)43)17-3-1-16(2-4-17)38-9-11-45-12-10-38/h1-6,8,13,15,20-21,27-28,40H,7,9-12,14H2/t20-,21+,27+,28-/m0/s1.